The standard InChI is InChI=1S/C19H35NO4S/c1-2-3-4-5-6-7-8-9-10-11-12-13-15-24-19(21)20-18-14-16-25(22,23)17-18/h14,16,18H,2-13,15,17H2,1H3,(H,20,21). The second kappa shape index (κ2) is 13.2. The molecule has 0 aromatic carbocycles. The predicted octanol–water partition coefficient (Wildman–Crippen LogP) is 4.72. The van der Waals surface area contributed by atoms with Crippen LogP contribution in [-0.4, -0.2) is 32.9 Å². The summed E-state index contributed by atoms with van der Waals surface area (Å²) in [5.74, 6) is -0.0687. The molecule has 0 fully saturated rings. The number of rotatable bonds is 14. The highest BCUT2D eigenvalue weighted by Gasteiger charge is 2.23. The number of carbonyl (C=O) groups excluding carboxylic acids is 1. The normalized spacial score (nSPS) is 18.4. The molecular formula is C19H35NO4S. The summed E-state index contributed by atoms with van der Waals surface area (Å²) in [6, 6.07) is -0.459. The van der Waals surface area contributed by atoms with Crippen LogP contribution in [0.3, 0.4) is 0 Å². The molecule has 0 aromatic rings. The van der Waals surface area contributed by atoms with Crippen molar-refractivity contribution in [3.63, 3.8) is 0 Å². The summed E-state index contributed by atoms with van der Waals surface area (Å²) in [4.78, 5) is 11.5. The minimum absolute atomic E-state index is 0.0687. The van der Waals surface area contributed by atoms with Crippen LogP contribution in [0.5, 0.6) is 0 Å². The molecule has 1 unspecified atom stereocenters. The van der Waals surface area contributed by atoms with Crippen molar-refractivity contribution in [2.24, 2.45) is 0 Å². The Balaban J connectivity index is 1.83. The topological polar surface area (TPSA) is 72.5 Å². The minimum atomic E-state index is -3.14. The first kappa shape index (κ1) is 22.0. The summed E-state index contributed by atoms with van der Waals surface area (Å²) >= 11 is 0. The van der Waals surface area contributed by atoms with Crippen molar-refractivity contribution in [1.82, 2.24) is 5.32 Å². The van der Waals surface area contributed by atoms with Crippen LogP contribution in [0, 0.1) is 0 Å². The minimum Gasteiger partial charge on any atom is -0.450 e. The SMILES string of the molecule is CCCCCCCCCCCCCCOC(=O)NC1C=CS(=O)(=O)C1. The molecule has 5 nitrogen and oxygen atoms in total. The third kappa shape index (κ3) is 12.0. The number of alkyl carbamates (subject to hydrolysis) is 1. The molecule has 1 heterocycles. The van der Waals surface area contributed by atoms with Gasteiger partial charge in [-0.25, -0.2) is 13.2 Å². The average Bonchev–Trinajstić information content (AvgIpc) is 2.90. The fourth-order valence-corrected chi connectivity index (χ4v) is 4.20. The van der Waals surface area contributed by atoms with E-state index in [2.05, 4.69) is 12.2 Å². The van der Waals surface area contributed by atoms with E-state index < -0.39 is 22.0 Å². The van der Waals surface area contributed by atoms with Gasteiger partial charge in [0.25, 0.3) is 0 Å². The number of hydrogen-bond acceptors (Lipinski definition) is 4. The Morgan fingerprint density at radius 1 is 0.960 bits per heavy atom. The van der Waals surface area contributed by atoms with Crippen LogP contribution < -0.4 is 5.32 Å². The van der Waals surface area contributed by atoms with Gasteiger partial charge >= 0.3 is 6.09 Å². The van der Waals surface area contributed by atoms with Gasteiger partial charge in [-0.05, 0) is 12.5 Å². The molecule has 1 N–H and O–H groups in total. The molecule has 0 aromatic heterocycles. The second-order valence-corrected chi connectivity index (χ2v) is 8.87. The summed E-state index contributed by atoms with van der Waals surface area (Å²) in [5, 5.41) is 3.69. The molecular weight excluding hydrogens is 338 g/mol. The summed E-state index contributed by atoms with van der Waals surface area (Å²) in [6.07, 6.45) is 16.2. The molecule has 146 valence electrons. The number of ether oxygens (including phenoxy) is 1. The van der Waals surface area contributed by atoms with Gasteiger partial charge in [-0.1, -0.05) is 77.6 Å². The summed E-state index contributed by atoms with van der Waals surface area (Å²) < 4.78 is 27.5. The Morgan fingerprint density at radius 3 is 1.96 bits per heavy atom. The lowest BCUT2D eigenvalue weighted by molar-refractivity contribution is 0.142. The van der Waals surface area contributed by atoms with E-state index >= 15 is 0 Å². The van der Waals surface area contributed by atoms with Gasteiger partial charge in [0.05, 0.1) is 18.4 Å². The fourth-order valence-electron chi connectivity index (χ4n) is 2.97. The zero-order valence-electron chi connectivity index (χ0n) is 15.7. The molecule has 1 aliphatic rings. The molecule has 1 rings (SSSR count). The van der Waals surface area contributed by atoms with Crippen molar-refractivity contribution in [1.29, 1.82) is 0 Å². The quantitative estimate of drug-likeness (QED) is 0.447. The summed E-state index contributed by atoms with van der Waals surface area (Å²) in [7, 11) is -3.14. The van der Waals surface area contributed by atoms with Crippen molar-refractivity contribution < 1.29 is 17.9 Å². The molecule has 1 aliphatic heterocycles. The fraction of sp³-hybridized carbons (Fsp3) is 0.842. The average molecular weight is 374 g/mol. The summed E-state index contributed by atoms with van der Waals surface area (Å²) in [6.45, 7) is 2.64. The zero-order valence-corrected chi connectivity index (χ0v) is 16.5. The van der Waals surface area contributed by atoms with Gasteiger partial charge in [0, 0.05) is 5.41 Å². The highest BCUT2D eigenvalue weighted by Crippen LogP contribution is 2.12. The van der Waals surface area contributed by atoms with E-state index in [0.29, 0.717) is 6.61 Å². The zero-order chi connectivity index (χ0) is 18.4. The van der Waals surface area contributed by atoms with Gasteiger partial charge in [-0.2, -0.15) is 0 Å². The lowest BCUT2D eigenvalue weighted by atomic mass is 10.1. The van der Waals surface area contributed by atoms with Crippen molar-refractivity contribution >= 4 is 15.9 Å². The third-order valence-electron chi connectivity index (χ3n) is 4.46. The van der Waals surface area contributed by atoms with Crippen molar-refractivity contribution in [3.05, 3.63) is 11.5 Å². The Labute approximate surface area is 153 Å². The first-order chi connectivity index (χ1) is 12.0. The van der Waals surface area contributed by atoms with Crippen LogP contribution in [0.25, 0.3) is 0 Å². The molecule has 1 amide bonds. The maximum absolute atomic E-state index is 11.5. The highest BCUT2D eigenvalue weighted by atomic mass is 32.2. The predicted molar refractivity (Wildman–Crippen MR) is 102 cm³/mol. The molecule has 0 aliphatic carbocycles. The molecule has 0 spiro atoms. The Hall–Kier alpha value is -1.04. The van der Waals surface area contributed by atoms with Gasteiger partial charge in [0.1, 0.15) is 0 Å². The van der Waals surface area contributed by atoms with Gasteiger partial charge in [-0.15, -0.1) is 0 Å². The van der Waals surface area contributed by atoms with Crippen LogP contribution in [0.2, 0.25) is 0 Å². The van der Waals surface area contributed by atoms with E-state index in [1.54, 1.807) is 0 Å². The first-order valence-electron chi connectivity index (χ1n) is 9.88. The van der Waals surface area contributed by atoms with E-state index in [1.807, 2.05) is 0 Å². The van der Waals surface area contributed by atoms with E-state index in [4.69, 9.17) is 4.74 Å². The maximum atomic E-state index is 11.5. The van der Waals surface area contributed by atoms with E-state index in [0.717, 1.165) is 18.2 Å². The van der Waals surface area contributed by atoms with Gasteiger partial charge < -0.3 is 10.1 Å². The Morgan fingerprint density at radius 2 is 1.48 bits per heavy atom. The number of nitrogens with one attached hydrogen (secondary N) is 1. The van der Waals surface area contributed by atoms with Gasteiger partial charge in [-0.3, -0.25) is 0 Å². The van der Waals surface area contributed by atoms with E-state index in [-0.39, 0.29) is 5.75 Å². The lowest BCUT2D eigenvalue weighted by Crippen LogP contribution is -2.36. The van der Waals surface area contributed by atoms with Crippen LogP contribution in [0.4, 0.5) is 4.79 Å². The largest absolute Gasteiger partial charge is 0.450 e. The number of sulfone groups is 1. The van der Waals surface area contributed by atoms with Crippen molar-refractivity contribution in [2.75, 3.05) is 12.4 Å². The third-order valence-corrected chi connectivity index (χ3v) is 5.86. The first-order valence-corrected chi connectivity index (χ1v) is 11.6. The van der Waals surface area contributed by atoms with Crippen LogP contribution in [-0.2, 0) is 14.6 Å². The van der Waals surface area contributed by atoms with Gasteiger partial charge in [0.2, 0.25) is 0 Å². The molecule has 25 heavy (non-hydrogen) atoms. The number of amides is 1. The summed E-state index contributed by atoms with van der Waals surface area (Å²) in [5.41, 5.74) is 0. The highest BCUT2D eigenvalue weighted by molar-refractivity contribution is 7.94. The Kier molecular flexibility index (Phi) is 11.6. The Bertz CT molecular complexity index is 488. The molecule has 0 bridgehead atoms. The van der Waals surface area contributed by atoms with Gasteiger partial charge in [0.15, 0.2) is 9.84 Å². The smallest absolute Gasteiger partial charge is 0.407 e. The second-order valence-electron chi connectivity index (χ2n) is 6.93. The van der Waals surface area contributed by atoms with Crippen LogP contribution in [0.1, 0.15) is 84.0 Å². The maximum Gasteiger partial charge on any atom is 0.407 e. The van der Waals surface area contributed by atoms with E-state index in [1.165, 1.54) is 70.3 Å². The van der Waals surface area contributed by atoms with E-state index in [9.17, 15) is 13.2 Å². The van der Waals surface area contributed by atoms with Crippen molar-refractivity contribution in [3.8, 4) is 0 Å². The molecule has 6 heteroatoms. The lowest BCUT2D eigenvalue weighted by Gasteiger charge is -2.10. The number of hydrogen-bond donors (Lipinski definition) is 1. The van der Waals surface area contributed by atoms with Crippen LogP contribution >= 0.6 is 0 Å². The molecule has 0 saturated carbocycles. The number of carbonyl (C=O) groups is 1. The monoisotopic (exact) mass is 373 g/mol. The van der Waals surface area contributed by atoms with Crippen LogP contribution in [0.15, 0.2) is 11.5 Å². The molecule has 0 radical (unpaired) electrons. The van der Waals surface area contributed by atoms with Crippen molar-refractivity contribution in [2.45, 2.75) is 90.0 Å². The molecule has 0 saturated heterocycles. The number of unbranched alkanes of at least 4 members (excludes halogenated alkanes) is 11. The molecule has 1 atom stereocenters.